The van der Waals surface area contributed by atoms with Gasteiger partial charge in [0.1, 0.15) is 0 Å². The van der Waals surface area contributed by atoms with E-state index in [0.717, 1.165) is 0 Å². The van der Waals surface area contributed by atoms with Gasteiger partial charge in [0.15, 0.2) is 0 Å². The molecule has 0 saturated carbocycles. The summed E-state index contributed by atoms with van der Waals surface area (Å²) in [5, 5.41) is 13.0. The Morgan fingerprint density at radius 1 is 1.05 bits per heavy atom. The van der Waals surface area contributed by atoms with Crippen molar-refractivity contribution in [3.63, 3.8) is 0 Å². The fraction of sp³-hybridized carbons (Fsp3) is 0.214. The van der Waals surface area contributed by atoms with Gasteiger partial charge in [0.2, 0.25) is 5.12 Å². The number of nitrogens with one attached hydrogen (secondary N) is 2. The van der Waals surface area contributed by atoms with Crippen molar-refractivity contribution in [3.8, 4) is 0 Å². The van der Waals surface area contributed by atoms with Gasteiger partial charge >= 0.3 is 5.97 Å². The molecule has 3 N–H and O–H groups in total. The maximum atomic E-state index is 11.4. The number of aliphatic carboxylic acids is 1. The first-order valence-electron chi connectivity index (χ1n) is 6.32. The second-order valence-corrected chi connectivity index (χ2v) is 4.88. The van der Waals surface area contributed by atoms with Gasteiger partial charge in [-0.05, 0) is 24.3 Å². The number of hydrogen-bond donors (Lipinski definition) is 3. The Bertz CT molecular complexity index is 537. The molecule has 2 aromatic rings. The summed E-state index contributed by atoms with van der Waals surface area (Å²) in [6.45, 7) is 0.456. The monoisotopic (exact) mass is 306 g/mol. The number of carboxylic acid groups (broad SMARTS) is 1. The first-order valence-corrected chi connectivity index (χ1v) is 6.70. The number of pyridine rings is 2. The van der Waals surface area contributed by atoms with E-state index in [2.05, 4.69) is 20.6 Å². The number of rotatable bonds is 7. The second-order valence-electron chi connectivity index (χ2n) is 4.31. The molecule has 7 heteroatoms. The molecule has 2 heterocycles. The number of nitrogens with zero attached hydrogens (tertiary/aromatic N) is 2. The van der Waals surface area contributed by atoms with Crippen LogP contribution in [0.25, 0.3) is 0 Å². The predicted molar refractivity (Wildman–Crippen MR) is 78.4 cm³/mol. The quantitative estimate of drug-likeness (QED) is 0.406. The van der Waals surface area contributed by atoms with E-state index in [1.54, 1.807) is 36.7 Å². The van der Waals surface area contributed by atoms with Crippen molar-refractivity contribution in [2.45, 2.75) is 18.2 Å². The summed E-state index contributed by atoms with van der Waals surface area (Å²) in [5.74, 6) is -1.21. The van der Waals surface area contributed by atoms with Crippen molar-refractivity contribution >= 4 is 17.6 Å². The van der Waals surface area contributed by atoms with Gasteiger partial charge in [0.25, 0.3) is 0 Å². The maximum Gasteiger partial charge on any atom is 0.355 e. The number of halogens is 1. The van der Waals surface area contributed by atoms with Crippen LogP contribution >= 0.6 is 11.6 Å². The highest BCUT2D eigenvalue weighted by molar-refractivity contribution is 6.33. The van der Waals surface area contributed by atoms with Crippen LogP contribution in [0.1, 0.15) is 11.4 Å². The molecule has 2 rings (SSSR count). The lowest BCUT2D eigenvalue weighted by molar-refractivity contribution is -0.142. The third-order valence-electron chi connectivity index (χ3n) is 2.77. The van der Waals surface area contributed by atoms with E-state index in [-0.39, 0.29) is 13.1 Å². The maximum absolute atomic E-state index is 11.4. The minimum absolute atomic E-state index is 0.228. The van der Waals surface area contributed by atoms with Gasteiger partial charge in [0, 0.05) is 25.5 Å². The zero-order valence-electron chi connectivity index (χ0n) is 11.2. The fourth-order valence-corrected chi connectivity index (χ4v) is 1.78. The average Bonchev–Trinajstić information content (AvgIpc) is 2.53. The van der Waals surface area contributed by atoms with Crippen LogP contribution in [0.2, 0.25) is 0 Å². The number of carboxylic acids is 1. The Morgan fingerprint density at radius 3 is 1.86 bits per heavy atom. The van der Waals surface area contributed by atoms with E-state index in [0.29, 0.717) is 11.4 Å². The van der Waals surface area contributed by atoms with E-state index in [1.807, 2.05) is 12.1 Å². The van der Waals surface area contributed by atoms with E-state index in [9.17, 15) is 9.90 Å². The summed E-state index contributed by atoms with van der Waals surface area (Å²) >= 11 is 6.10. The number of hydrogen-bond acceptors (Lipinski definition) is 5. The van der Waals surface area contributed by atoms with Crippen molar-refractivity contribution in [2.75, 3.05) is 0 Å². The molecule has 21 heavy (non-hydrogen) atoms. The Balaban J connectivity index is 1.97. The molecule has 0 aliphatic rings. The third kappa shape index (κ3) is 4.49. The molecule has 0 unspecified atom stereocenters. The van der Waals surface area contributed by atoms with Crippen LogP contribution in [0.5, 0.6) is 0 Å². The first-order chi connectivity index (χ1) is 10.1. The molecule has 0 aliphatic carbocycles. The molecular weight excluding hydrogens is 292 g/mol. The van der Waals surface area contributed by atoms with Gasteiger partial charge in [-0.2, -0.15) is 0 Å². The smallest absolute Gasteiger partial charge is 0.355 e. The van der Waals surface area contributed by atoms with Crippen LogP contribution in [-0.4, -0.2) is 26.2 Å². The molecule has 0 amide bonds. The Morgan fingerprint density at radius 2 is 1.52 bits per heavy atom. The summed E-state index contributed by atoms with van der Waals surface area (Å²) in [4.78, 5) is 19.6. The molecule has 2 aromatic heterocycles. The van der Waals surface area contributed by atoms with E-state index in [4.69, 9.17) is 11.6 Å². The number of carbonyl (C=O) groups is 1. The van der Waals surface area contributed by atoms with Gasteiger partial charge in [-0.1, -0.05) is 23.7 Å². The van der Waals surface area contributed by atoms with Gasteiger partial charge in [-0.25, -0.2) is 4.79 Å². The SMILES string of the molecule is O=C(O)C(Cl)(NCc1ccccn1)NCc1ccccn1. The molecule has 6 nitrogen and oxygen atoms in total. The molecule has 0 bridgehead atoms. The minimum Gasteiger partial charge on any atom is -0.478 e. The van der Waals surface area contributed by atoms with Crippen molar-refractivity contribution in [1.82, 2.24) is 20.6 Å². The predicted octanol–water partition coefficient (Wildman–Crippen LogP) is 1.33. The summed E-state index contributed by atoms with van der Waals surface area (Å²) in [6, 6.07) is 10.8. The van der Waals surface area contributed by atoms with E-state index in [1.165, 1.54) is 0 Å². The Labute approximate surface area is 127 Å². The highest BCUT2D eigenvalue weighted by Crippen LogP contribution is 2.10. The minimum atomic E-state index is -1.78. The van der Waals surface area contributed by atoms with Crippen molar-refractivity contribution in [2.24, 2.45) is 0 Å². The molecule has 110 valence electrons. The standard InChI is InChI=1S/C14H15ClN4O2/c15-14(13(20)21,18-9-11-5-1-3-7-16-11)19-10-12-6-2-4-8-17-12/h1-8,18-19H,9-10H2,(H,20,21). The molecule has 0 radical (unpaired) electrons. The number of alkyl halides is 1. The van der Waals surface area contributed by atoms with Crippen molar-refractivity contribution in [1.29, 1.82) is 0 Å². The lowest BCUT2D eigenvalue weighted by Crippen LogP contribution is -2.57. The summed E-state index contributed by atoms with van der Waals surface area (Å²) in [6.07, 6.45) is 3.27. The lowest BCUT2D eigenvalue weighted by Gasteiger charge is -2.24. The van der Waals surface area contributed by atoms with Crippen LogP contribution in [0.3, 0.4) is 0 Å². The van der Waals surface area contributed by atoms with Crippen LogP contribution in [0, 0.1) is 0 Å². The van der Waals surface area contributed by atoms with Crippen LogP contribution < -0.4 is 10.6 Å². The summed E-state index contributed by atoms with van der Waals surface area (Å²) in [5.41, 5.74) is 1.40. The zero-order valence-corrected chi connectivity index (χ0v) is 11.9. The van der Waals surface area contributed by atoms with Crippen molar-refractivity contribution < 1.29 is 9.90 Å². The van der Waals surface area contributed by atoms with E-state index >= 15 is 0 Å². The van der Waals surface area contributed by atoms with Crippen LogP contribution in [0.4, 0.5) is 0 Å². The molecule has 0 spiro atoms. The fourth-order valence-electron chi connectivity index (χ4n) is 1.64. The third-order valence-corrected chi connectivity index (χ3v) is 3.20. The van der Waals surface area contributed by atoms with Crippen molar-refractivity contribution in [3.05, 3.63) is 60.2 Å². The average molecular weight is 307 g/mol. The topological polar surface area (TPSA) is 87.1 Å². The highest BCUT2D eigenvalue weighted by atomic mass is 35.5. The molecule has 0 saturated heterocycles. The van der Waals surface area contributed by atoms with Gasteiger partial charge < -0.3 is 5.11 Å². The second kappa shape index (κ2) is 7.12. The highest BCUT2D eigenvalue weighted by Gasteiger charge is 2.35. The molecule has 0 aromatic carbocycles. The Hall–Kier alpha value is -2.02. The zero-order chi connectivity index (χ0) is 15.1. The lowest BCUT2D eigenvalue weighted by atomic mass is 10.3. The Kier molecular flexibility index (Phi) is 5.21. The van der Waals surface area contributed by atoms with Gasteiger partial charge in [-0.15, -0.1) is 0 Å². The van der Waals surface area contributed by atoms with Gasteiger partial charge in [-0.3, -0.25) is 20.6 Å². The normalized spacial score (nSPS) is 11.3. The van der Waals surface area contributed by atoms with E-state index < -0.39 is 11.1 Å². The summed E-state index contributed by atoms with van der Waals surface area (Å²) in [7, 11) is 0. The molecule has 0 atom stereocenters. The molecule has 0 aliphatic heterocycles. The summed E-state index contributed by atoms with van der Waals surface area (Å²) < 4.78 is 0. The van der Waals surface area contributed by atoms with Crippen LogP contribution in [0.15, 0.2) is 48.8 Å². The van der Waals surface area contributed by atoms with Crippen LogP contribution in [-0.2, 0) is 17.9 Å². The van der Waals surface area contributed by atoms with Gasteiger partial charge in [0.05, 0.1) is 11.4 Å². The largest absolute Gasteiger partial charge is 0.478 e. The molecule has 0 fully saturated rings. The first kappa shape index (κ1) is 15.4. The molecular formula is C14H15ClN4O2. The number of aromatic nitrogens is 2.